The van der Waals surface area contributed by atoms with Gasteiger partial charge in [-0.3, -0.25) is 0 Å². The highest BCUT2D eigenvalue weighted by Gasteiger charge is 2.08. The fourth-order valence-electron chi connectivity index (χ4n) is 2.57. The van der Waals surface area contributed by atoms with E-state index in [1.165, 1.54) is 16.3 Å². The first-order valence-corrected chi connectivity index (χ1v) is 7.25. The molecule has 1 unspecified atom stereocenters. The summed E-state index contributed by atoms with van der Waals surface area (Å²) in [6, 6.07) is 24.9. The lowest BCUT2D eigenvalue weighted by atomic mass is 10.1. The smallest absolute Gasteiger partial charge is 0.0636 e. The Labute approximate surface area is 125 Å². The topological polar surface area (TPSA) is 32.3 Å². The Bertz CT molecular complexity index is 709. The second-order valence-electron chi connectivity index (χ2n) is 5.28. The molecule has 3 aromatic rings. The zero-order valence-corrected chi connectivity index (χ0v) is 11.9. The molecule has 3 aromatic carbocycles. The molecule has 0 heterocycles. The van der Waals surface area contributed by atoms with Gasteiger partial charge in [0.25, 0.3) is 0 Å². The number of benzene rings is 3. The normalized spacial score (nSPS) is 12.2. The first kappa shape index (κ1) is 13.7. The number of fused-ring (bicyclic) bond motifs is 1. The van der Waals surface area contributed by atoms with Gasteiger partial charge in [-0.1, -0.05) is 60.7 Å². The maximum Gasteiger partial charge on any atom is 0.0636 e. The van der Waals surface area contributed by atoms with Crippen LogP contribution in [0, 0.1) is 0 Å². The summed E-state index contributed by atoms with van der Waals surface area (Å²) < 4.78 is 0. The molecule has 0 spiro atoms. The zero-order chi connectivity index (χ0) is 14.5. The van der Waals surface area contributed by atoms with Gasteiger partial charge in [0.15, 0.2) is 0 Å². The van der Waals surface area contributed by atoms with E-state index < -0.39 is 0 Å². The molecule has 0 bridgehead atoms. The van der Waals surface area contributed by atoms with E-state index in [2.05, 4.69) is 47.8 Å². The van der Waals surface area contributed by atoms with E-state index in [-0.39, 0.29) is 12.6 Å². The highest BCUT2D eigenvalue weighted by Crippen LogP contribution is 2.20. The lowest BCUT2D eigenvalue weighted by molar-refractivity contribution is 0.274. The number of aliphatic hydroxyl groups is 1. The average Bonchev–Trinajstić information content (AvgIpc) is 2.55. The maximum absolute atomic E-state index is 9.60. The number of anilines is 1. The second kappa shape index (κ2) is 6.42. The fourth-order valence-corrected chi connectivity index (χ4v) is 2.57. The maximum atomic E-state index is 9.60. The largest absolute Gasteiger partial charge is 0.394 e. The zero-order valence-electron chi connectivity index (χ0n) is 11.9. The van der Waals surface area contributed by atoms with Crippen LogP contribution in [0.15, 0.2) is 72.8 Å². The van der Waals surface area contributed by atoms with Gasteiger partial charge in [-0.25, -0.2) is 0 Å². The SMILES string of the molecule is OCC(Cc1ccccc1)Nc1ccc2ccccc2c1. The van der Waals surface area contributed by atoms with Crippen molar-refractivity contribution < 1.29 is 5.11 Å². The Morgan fingerprint density at radius 2 is 1.52 bits per heavy atom. The Morgan fingerprint density at radius 3 is 2.29 bits per heavy atom. The first-order chi connectivity index (χ1) is 10.3. The lowest BCUT2D eigenvalue weighted by Gasteiger charge is -2.18. The summed E-state index contributed by atoms with van der Waals surface area (Å²) in [5.74, 6) is 0. The molecular formula is C19H19NO. The van der Waals surface area contributed by atoms with Crippen molar-refractivity contribution >= 4 is 16.5 Å². The molecule has 2 nitrogen and oxygen atoms in total. The molecular weight excluding hydrogens is 258 g/mol. The Hall–Kier alpha value is -2.32. The van der Waals surface area contributed by atoms with Crippen molar-refractivity contribution in [1.82, 2.24) is 0 Å². The molecule has 106 valence electrons. The molecule has 0 saturated heterocycles. The summed E-state index contributed by atoms with van der Waals surface area (Å²) in [7, 11) is 0. The highest BCUT2D eigenvalue weighted by atomic mass is 16.3. The van der Waals surface area contributed by atoms with Crippen molar-refractivity contribution in [3.63, 3.8) is 0 Å². The molecule has 0 amide bonds. The average molecular weight is 277 g/mol. The number of rotatable bonds is 5. The van der Waals surface area contributed by atoms with Crippen molar-refractivity contribution in [2.45, 2.75) is 12.5 Å². The third-order valence-electron chi connectivity index (χ3n) is 3.67. The summed E-state index contributed by atoms with van der Waals surface area (Å²) in [5, 5.41) is 15.5. The molecule has 0 fully saturated rings. The van der Waals surface area contributed by atoms with Crippen LogP contribution in [-0.2, 0) is 6.42 Å². The third kappa shape index (κ3) is 3.41. The molecule has 0 aromatic heterocycles. The monoisotopic (exact) mass is 277 g/mol. The molecule has 0 aliphatic heterocycles. The van der Waals surface area contributed by atoms with Gasteiger partial charge in [0.05, 0.1) is 12.6 Å². The number of hydrogen-bond donors (Lipinski definition) is 2. The van der Waals surface area contributed by atoms with Crippen LogP contribution in [0.4, 0.5) is 5.69 Å². The van der Waals surface area contributed by atoms with Crippen LogP contribution in [0.25, 0.3) is 10.8 Å². The van der Waals surface area contributed by atoms with E-state index in [1.807, 2.05) is 30.3 Å². The summed E-state index contributed by atoms with van der Waals surface area (Å²) >= 11 is 0. The molecule has 0 radical (unpaired) electrons. The summed E-state index contributed by atoms with van der Waals surface area (Å²) in [5.41, 5.74) is 2.27. The van der Waals surface area contributed by atoms with Gasteiger partial charge in [-0.05, 0) is 34.9 Å². The van der Waals surface area contributed by atoms with Crippen LogP contribution in [0.2, 0.25) is 0 Å². The minimum Gasteiger partial charge on any atom is -0.394 e. The van der Waals surface area contributed by atoms with Crippen LogP contribution >= 0.6 is 0 Å². The van der Waals surface area contributed by atoms with E-state index in [9.17, 15) is 5.11 Å². The van der Waals surface area contributed by atoms with Crippen LogP contribution in [0.1, 0.15) is 5.56 Å². The van der Waals surface area contributed by atoms with Crippen molar-refractivity contribution in [2.24, 2.45) is 0 Å². The Balaban J connectivity index is 1.76. The fraction of sp³-hybridized carbons (Fsp3) is 0.158. The summed E-state index contributed by atoms with van der Waals surface area (Å²) in [4.78, 5) is 0. The van der Waals surface area contributed by atoms with Crippen molar-refractivity contribution in [3.8, 4) is 0 Å². The van der Waals surface area contributed by atoms with E-state index in [1.54, 1.807) is 0 Å². The van der Waals surface area contributed by atoms with Gasteiger partial charge in [-0.15, -0.1) is 0 Å². The number of nitrogens with one attached hydrogen (secondary N) is 1. The van der Waals surface area contributed by atoms with Gasteiger partial charge in [0.2, 0.25) is 0 Å². The molecule has 0 saturated carbocycles. The highest BCUT2D eigenvalue weighted by molar-refractivity contribution is 5.85. The predicted octanol–water partition coefficient (Wildman–Crippen LogP) is 3.86. The molecule has 1 atom stereocenters. The van der Waals surface area contributed by atoms with Crippen LogP contribution in [0.5, 0.6) is 0 Å². The standard InChI is InChI=1S/C19H19NO/c21-14-19(12-15-6-2-1-3-7-15)20-18-11-10-16-8-4-5-9-17(16)13-18/h1-11,13,19-21H,12,14H2. The Morgan fingerprint density at radius 1 is 0.810 bits per heavy atom. The Kier molecular flexibility index (Phi) is 4.17. The van der Waals surface area contributed by atoms with Gasteiger partial charge in [0, 0.05) is 5.69 Å². The molecule has 0 aliphatic carbocycles. The lowest BCUT2D eigenvalue weighted by Crippen LogP contribution is -2.26. The van der Waals surface area contributed by atoms with Crippen LogP contribution in [0.3, 0.4) is 0 Å². The van der Waals surface area contributed by atoms with E-state index >= 15 is 0 Å². The number of aliphatic hydroxyl groups excluding tert-OH is 1. The van der Waals surface area contributed by atoms with Crippen molar-refractivity contribution in [2.75, 3.05) is 11.9 Å². The molecule has 2 N–H and O–H groups in total. The second-order valence-corrected chi connectivity index (χ2v) is 5.28. The molecule has 2 heteroatoms. The first-order valence-electron chi connectivity index (χ1n) is 7.25. The number of hydrogen-bond acceptors (Lipinski definition) is 2. The molecule has 21 heavy (non-hydrogen) atoms. The van der Waals surface area contributed by atoms with Crippen molar-refractivity contribution in [3.05, 3.63) is 78.4 Å². The predicted molar refractivity (Wildman–Crippen MR) is 88.6 cm³/mol. The van der Waals surface area contributed by atoms with Gasteiger partial charge in [0.1, 0.15) is 0 Å². The summed E-state index contributed by atoms with van der Waals surface area (Å²) in [6.45, 7) is 0.113. The van der Waals surface area contributed by atoms with Crippen molar-refractivity contribution in [1.29, 1.82) is 0 Å². The minimum absolute atomic E-state index is 0.0218. The van der Waals surface area contributed by atoms with E-state index in [0.29, 0.717) is 0 Å². The van der Waals surface area contributed by atoms with E-state index in [0.717, 1.165) is 12.1 Å². The van der Waals surface area contributed by atoms with Crippen LogP contribution < -0.4 is 5.32 Å². The third-order valence-corrected chi connectivity index (χ3v) is 3.67. The molecule has 0 aliphatic rings. The molecule has 3 rings (SSSR count). The van der Waals surface area contributed by atoms with Gasteiger partial charge >= 0.3 is 0 Å². The minimum atomic E-state index is 0.0218. The van der Waals surface area contributed by atoms with Crippen LogP contribution in [-0.4, -0.2) is 17.8 Å². The van der Waals surface area contributed by atoms with Gasteiger partial charge in [-0.2, -0.15) is 0 Å². The van der Waals surface area contributed by atoms with Gasteiger partial charge < -0.3 is 10.4 Å². The quantitative estimate of drug-likeness (QED) is 0.742. The van der Waals surface area contributed by atoms with E-state index in [4.69, 9.17) is 0 Å². The summed E-state index contributed by atoms with van der Waals surface area (Å²) in [6.07, 6.45) is 0.810.